The van der Waals surface area contributed by atoms with Crippen molar-refractivity contribution in [1.82, 2.24) is 0 Å². The topological polar surface area (TPSA) is 61.8 Å². The van der Waals surface area contributed by atoms with E-state index >= 15 is 0 Å². The molecule has 0 heterocycles. The van der Waals surface area contributed by atoms with Gasteiger partial charge in [0.2, 0.25) is 0 Å². The Bertz CT molecular complexity index is 641. The molecule has 32 heavy (non-hydrogen) atoms. The van der Waals surface area contributed by atoms with Crippen LogP contribution in [0.4, 0.5) is 0 Å². The maximum atomic E-state index is 12.1. The highest BCUT2D eigenvalue weighted by atomic mass is 16.5. The van der Waals surface area contributed by atoms with Crippen molar-refractivity contribution in [2.75, 3.05) is 20.8 Å². The lowest BCUT2D eigenvalue weighted by atomic mass is 10.0. The zero-order valence-electron chi connectivity index (χ0n) is 20.6. The van der Waals surface area contributed by atoms with E-state index < -0.39 is 5.97 Å². The highest BCUT2D eigenvalue weighted by molar-refractivity contribution is 6.06. The molecule has 0 aromatic heterocycles. The zero-order valence-corrected chi connectivity index (χ0v) is 20.6. The van der Waals surface area contributed by atoms with Crippen LogP contribution in [0.3, 0.4) is 0 Å². The first-order chi connectivity index (χ1) is 15.6. The predicted molar refractivity (Wildman–Crippen MR) is 130 cm³/mol. The third-order valence-electron chi connectivity index (χ3n) is 5.77. The number of ketones is 1. The van der Waals surface area contributed by atoms with E-state index in [1.54, 1.807) is 25.3 Å². The Hall–Kier alpha value is -2.04. The lowest BCUT2D eigenvalue weighted by molar-refractivity contribution is -0.139. The second kappa shape index (κ2) is 18.5. The van der Waals surface area contributed by atoms with Crippen molar-refractivity contribution in [1.29, 1.82) is 0 Å². The normalized spacial score (nSPS) is 10.7. The van der Waals surface area contributed by atoms with E-state index in [0.29, 0.717) is 23.7 Å². The fraction of sp³-hybridized carbons (Fsp3) is 0.704. The first kappa shape index (κ1) is 28.0. The highest BCUT2D eigenvalue weighted by Crippen LogP contribution is 2.29. The quantitative estimate of drug-likeness (QED) is 0.0906. The molecular formula is C27H44O5. The van der Waals surface area contributed by atoms with Crippen LogP contribution in [0.1, 0.15) is 114 Å². The van der Waals surface area contributed by atoms with Gasteiger partial charge in [-0.3, -0.25) is 9.59 Å². The summed E-state index contributed by atoms with van der Waals surface area (Å²) in [4.78, 5) is 23.4. The first-order valence-corrected chi connectivity index (χ1v) is 12.5. The summed E-state index contributed by atoms with van der Waals surface area (Å²) in [6, 6.07) is 5.01. The van der Waals surface area contributed by atoms with Gasteiger partial charge >= 0.3 is 5.97 Å². The lowest BCUT2D eigenvalue weighted by Crippen LogP contribution is -2.10. The Morgan fingerprint density at radius 2 is 1.25 bits per heavy atom. The molecule has 1 aromatic rings. The van der Waals surface area contributed by atoms with Crippen LogP contribution in [0, 0.1) is 0 Å². The van der Waals surface area contributed by atoms with Gasteiger partial charge in [0.15, 0.2) is 17.3 Å². The standard InChI is InChI=1S/C27H44O5/c1-4-5-6-7-8-9-10-11-12-13-14-15-16-17-20-32-25-19-18-23(21-26(25)30-2)24(28)22-27(29)31-3/h18-19,21H,4-17,20,22H2,1-3H3. The van der Waals surface area contributed by atoms with Gasteiger partial charge in [-0.15, -0.1) is 0 Å². The van der Waals surface area contributed by atoms with Crippen LogP contribution in [0.2, 0.25) is 0 Å². The van der Waals surface area contributed by atoms with Crippen molar-refractivity contribution in [3.05, 3.63) is 23.8 Å². The van der Waals surface area contributed by atoms with Gasteiger partial charge in [0, 0.05) is 5.56 Å². The van der Waals surface area contributed by atoms with Crippen LogP contribution in [0.5, 0.6) is 11.5 Å². The van der Waals surface area contributed by atoms with Gasteiger partial charge in [-0.1, -0.05) is 90.4 Å². The summed E-state index contributed by atoms with van der Waals surface area (Å²) in [7, 11) is 2.81. The number of carbonyl (C=O) groups excluding carboxylic acids is 2. The molecule has 0 unspecified atom stereocenters. The summed E-state index contributed by atoms with van der Waals surface area (Å²) >= 11 is 0. The molecule has 0 fully saturated rings. The second-order valence-electron chi connectivity index (χ2n) is 8.49. The largest absolute Gasteiger partial charge is 0.493 e. The molecule has 0 spiro atoms. The Morgan fingerprint density at radius 3 is 1.75 bits per heavy atom. The maximum absolute atomic E-state index is 12.1. The van der Waals surface area contributed by atoms with Crippen LogP contribution >= 0.6 is 0 Å². The molecule has 1 rings (SSSR count). The number of benzene rings is 1. The zero-order chi connectivity index (χ0) is 23.4. The number of carbonyl (C=O) groups is 2. The number of rotatable bonds is 20. The number of ether oxygens (including phenoxy) is 3. The van der Waals surface area contributed by atoms with Crippen LogP contribution in [-0.4, -0.2) is 32.6 Å². The molecule has 5 heteroatoms. The van der Waals surface area contributed by atoms with Crippen LogP contribution in [-0.2, 0) is 9.53 Å². The lowest BCUT2D eigenvalue weighted by Gasteiger charge is -2.12. The number of hydrogen-bond acceptors (Lipinski definition) is 5. The monoisotopic (exact) mass is 448 g/mol. The Kier molecular flexibility index (Phi) is 16.2. The molecule has 0 amide bonds. The maximum Gasteiger partial charge on any atom is 0.313 e. The third kappa shape index (κ3) is 12.7. The average Bonchev–Trinajstić information content (AvgIpc) is 2.81. The van der Waals surface area contributed by atoms with Crippen molar-refractivity contribution >= 4 is 11.8 Å². The number of esters is 1. The number of unbranched alkanes of at least 4 members (excludes halogenated alkanes) is 13. The molecule has 0 aliphatic rings. The van der Waals surface area contributed by atoms with Crippen LogP contribution < -0.4 is 9.47 Å². The van der Waals surface area contributed by atoms with Crippen molar-refractivity contribution < 1.29 is 23.8 Å². The van der Waals surface area contributed by atoms with E-state index in [1.807, 2.05) is 0 Å². The fourth-order valence-corrected chi connectivity index (χ4v) is 3.74. The van der Waals surface area contributed by atoms with Crippen molar-refractivity contribution in [3.8, 4) is 11.5 Å². The third-order valence-corrected chi connectivity index (χ3v) is 5.77. The van der Waals surface area contributed by atoms with Crippen molar-refractivity contribution in [2.45, 2.75) is 103 Å². The Labute approximate surface area is 195 Å². The SMILES string of the molecule is CCCCCCCCCCCCCCCCOc1ccc(C(=O)CC(=O)OC)cc1OC. The Balaban J connectivity index is 2.10. The van der Waals surface area contributed by atoms with E-state index in [9.17, 15) is 9.59 Å². The van der Waals surface area contributed by atoms with Gasteiger partial charge in [0.25, 0.3) is 0 Å². The minimum atomic E-state index is -0.549. The van der Waals surface area contributed by atoms with E-state index in [2.05, 4.69) is 11.7 Å². The van der Waals surface area contributed by atoms with Gasteiger partial charge in [0.05, 0.1) is 20.8 Å². The van der Waals surface area contributed by atoms with Crippen LogP contribution in [0.15, 0.2) is 18.2 Å². The summed E-state index contributed by atoms with van der Waals surface area (Å²) in [6.45, 7) is 2.90. The van der Waals surface area contributed by atoms with E-state index in [0.717, 1.165) is 12.8 Å². The molecular weight excluding hydrogens is 404 g/mol. The minimum Gasteiger partial charge on any atom is -0.493 e. The number of Topliss-reactive ketones (excluding diaryl/α,β-unsaturated/α-hetero) is 1. The molecule has 1 aromatic carbocycles. The molecule has 0 atom stereocenters. The van der Waals surface area contributed by atoms with Gasteiger partial charge in [0.1, 0.15) is 6.42 Å². The molecule has 0 saturated heterocycles. The van der Waals surface area contributed by atoms with Crippen molar-refractivity contribution in [3.63, 3.8) is 0 Å². The molecule has 0 aliphatic carbocycles. The molecule has 0 bridgehead atoms. The first-order valence-electron chi connectivity index (χ1n) is 12.5. The molecule has 5 nitrogen and oxygen atoms in total. The van der Waals surface area contributed by atoms with Gasteiger partial charge in [-0.2, -0.15) is 0 Å². The number of methoxy groups -OCH3 is 2. The Morgan fingerprint density at radius 1 is 0.719 bits per heavy atom. The van der Waals surface area contributed by atoms with Gasteiger partial charge in [-0.05, 0) is 24.6 Å². The molecule has 0 saturated carbocycles. The summed E-state index contributed by atoms with van der Waals surface area (Å²) in [5.74, 6) is 0.281. The fourth-order valence-electron chi connectivity index (χ4n) is 3.74. The predicted octanol–water partition coefficient (Wildman–Crippen LogP) is 7.30. The molecule has 0 aliphatic heterocycles. The molecule has 0 radical (unpaired) electrons. The van der Waals surface area contributed by atoms with E-state index in [4.69, 9.17) is 9.47 Å². The van der Waals surface area contributed by atoms with Gasteiger partial charge < -0.3 is 14.2 Å². The molecule has 182 valence electrons. The average molecular weight is 449 g/mol. The van der Waals surface area contributed by atoms with Crippen LogP contribution in [0.25, 0.3) is 0 Å². The minimum absolute atomic E-state index is 0.279. The highest BCUT2D eigenvalue weighted by Gasteiger charge is 2.15. The van der Waals surface area contributed by atoms with Crippen molar-refractivity contribution in [2.24, 2.45) is 0 Å². The van der Waals surface area contributed by atoms with Gasteiger partial charge in [-0.25, -0.2) is 0 Å². The smallest absolute Gasteiger partial charge is 0.313 e. The number of hydrogen-bond donors (Lipinski definition) is 0. The summed E-state index contributed by atoms with van der Waals surface area (Å²) in [5, 5.41) is 0. The molecule has 0 N–H and O–H groups in total. The van der Waals surface area contributed by atoms with E-state index in [1.165, 1.54) is 84.2 Å². The summed E-state index contributed by atoms with van der Waals surface area (Å²) in [6.07, 6.45) is 18.3. The summed E-state index contributed by atoms with van der Waals surface area (Å²) < 4.78 is 15.7. The second-order valence-corrected chi connectivity index (χ2v) is 8.49. The summed E-state index contributed by atoms with van der Waals surface area (Å²) in [5.41, 5.74) is 0.413. The van der Waals surface area contributed by atoms with E-state index in [-0.39, 0.29) is 12.2 Å².